The molecule has 1 aromatic carbocycles. The van der Waals surface area contributed by atoms with Crippen molar-refractivity contribution >= 4 is 28.8 Å². The number of hydrogen-bond acceptors (Lipinski definition) is 3. The highest BCUT2D eigenvalue weighted by molar-refractivity contribution is 5.98. The molecule has 2 rings (SSSR count). The van der Waals surface area contributed by atoms with Gasteiger partial charge in [0.2, 0.25) is 0 Å². The lowest BCUT2D eigenvalue weighted by Crippen LogP contribution is -2.27. The van der Waals surface area contributed by atoms with Crippen molar-refractivity contribution in [3.05, 3.63) is 42.6 Å². The maximum Gasteiger partial charge on any atom is 0.412 e. The van der Waals surface area contributed by atoms with Gasteiger partial charge in [0.05, 0.1) is 16.9 Å². The second kappa shape index (κ2) is 5.33. The van der Waals surface area contributed by atoms with Gasteiger partial charge in [-0.05, 0) is 39.0 Å². The van der Waals surface area contributed by atoms with Crippen LogP contribution < -0.4 is 5.32 Å². The van der Waals surface area contributed by atoms with Crippen LogP contribution in [-0.4, -0.2) is 16.7 Å². The minimum absolute atomic E-state index is 0.490. The highest BCUT2D eigenvalue weighted by atomic mass is 16.6. The van der Waals surface area contributed by atoms with Crippen molar-refractivity contribution < 1.29 is 9.53 Å². The van der Waals surface area contributed by atoms with E-state index in [0.717, 1.165) is 16.6 Å². The molecule has 0 aliphatic carbocycles. The minimum Gasteiger partial charge on any atom is -0.444 e. The third-order valence-electron chi connectivity index (χ3n) is 2.59. The third kappa shape index (κ3) is 3.35. The van der Waals surface area contributed by atoms with E-state index in [1.807, 2.05) is 45.0 Å². The Morgan fingerprint density at radius 2 is 2.05 bits per heavy atom. The molecule has 104 valence electrons. The number of amides is 1. The number of rotatable bonds is 2. The number of carbonyl (C=O) groups excluding carboxylic acids is 1. The minimum atomic E-state index is -0.533. The van der Waals surface area contributed by atoms with Crippen LogP contribution in [0.2, 0.25) is 0 Å². The van der Waals surface area contributed by atoms with Gasteiger partial charge < -0.3 is 4.74 Å². The monoisotopic (exact) mass is 270 g/mol. The summed E-state index contributed by atoms with van der Waals surface area (Å²) in [6.45, 7) is 9.17. The van der Waals surface area contributed by atoms with E-state index in [1.54, 1.807) is 12.1 Å². The summed E-state index contributed by atoms with van der Waals surface area (Å²) < 4.78 is 5.25. The van der Waals surface area contributed by atoms with Crippen molar-refractivity contribution in [3.8, 4) is 0 Å². The topological polar surface area (TPSA) is 51.2 Å². The molecule has 1 N–H and O–H groups in total. The summed E-state index contributed by atoms with van der Waals surface area (Å²) >= 11 is 0. The zero-order valence-electron chi connectivity index (χ0n) is 11.9. The summed E-state index contributed by atoms with van der Waals surface area (Å²) in [4.78, 5) is 16.3. The van der Waals surface area contributed by atoms with Gasteiger partial charge in [0.25, 0.3) is 0 Å². The van der Waals surface area contributed by atoms with E-state index in [-0.39, 0.29) is 0 Å². The van der Waals surface area contributed by atoms with Gasteiger partial charge >= 0.3 is 6.09 Å². The zero-order chi connectivity index (χ0) is 14.8. The largest absolute Gasteiger partial charge is 0.444 e. The molecule has 0 saturated heterocycles. The Morgan fingerprint density at radius 1 is 1.30 bits per heavy atom. The molecule has 0 radical (unpaired) electrons. The molecular weight excluding hydrogens is 252 g/mol. The van der Waals surface area contributed by atoms with Crippen LogP contribution in [0.5, 0.6) is 0 Å². The van der Waals surface area contributed by atoms with Crippen LogP contribution in [-0.2, 0) is 4.74 Å². The molecule has 0 fully saturated rings. The van der Waals surface area contributed by atoms with Crippen molar-refractivity contribution in [3.63, 3.8) is 0 Å². The summed E-state index contributed by atoms with van der Waals surface area (Å²) in [5, 5.41) is 3.68. The number of nitrogens with zero attached hydrogens (tertiary/aromatic N) is 1. The zero-order valence-corrected chi connectivity index (χ0v) is 11.9. The molecule has 0 saturated carbocycles. The number of para-hydroxylation sites is 1. The maximum absolute atomic E-state index is 11.8. The summed E-state index contributed by atoms with van der Waals surface area (Å²) in [6, 6.07) is 9.43. The number of hydrogen-bond donors (Lipinski definition) is 1. The van der Waals surface area contributed by atoms with Crippen molar-refractivity contribution in [2.75, 3.05) is 5.32 Å². The number of anilines is 1. The predicted octanol–water partition coefficient (Wildman–Crippen LogP) is 4.22. The lowest BCUT2D eigenvalue weighted by atomic mass is 10.1. The van der Waals surface area contributed by atoms with Gasteiger partial charge in [-0.1, -0.05) is 24.8 Å². The van der Waals surface area contributed by atoms with E-state index < -0.39 is 11.7 Å². The van der Waals surface area contributed by atoms with Gasteiger partial charge in [-0.15, -0.1) is 0 Å². The lowest BCUT2D eigenvalue weighted by molar-refractivity contribution is 0.0636. The summed E-state index contributed by atoms with van der Waals surface area (Å²) in [5.74, 6) is 0. The molecule has 4 nitrogen and oxygen atoms in total. The van der Waals surface area contributed by atoms with E-state index in [9.17, 15) is 4.79 Å². The van der Waals surface area contributed by atoms with E-state index in [1.165, 1.54) is 0 Å². The molecule has 2 aromatic rings. The summed E-state index contributed by atoms with van der Waals surface area (Å²) in [7, 11) is 0. The van der Waals surface area contributed by atoms with Crippen LogP contribution in [0.3, 0.4) is 0 Å². The maximum atomic E-state index is 11.8. The van der Waals surface area contributed by atoms with Crippen molar-refractivity contribution in [1.29, 1.82) is 0 Å². The number of fused-ring (bicyclic) bond motifs is 1. The Morgan fingerprint density at radius 3 is 2.70 bits per heavy atom. The van der Waals surface area contributed by atoms with E-state index in [2.05, 4.69) is 16.9 Å². The number of pyridine rings is 1. The van der Waals surface area contributed by atoms with Gasteiger partial charge in [-0.2, -0.15) is 0 Å². The van der Waals surface area contributed by atoms with E-state index in [0.29, 0.717) is 5.69 Å². The quantitative estimate of drug-likeness (QED) is 0.888. The molecule has 1 aromatic heterocycles. The molecule has 4 heteroatoms. The van der Waals surface area contributed by atoms with Gasteiger partial charge in [0.15, 0.2) is 0 Å². The van der Waals surface area contributed by atoms with Crippen LogP contribution in [0.1, 0.15) is 26.5 Å². The fourth-order valence-corrected chi connectivity index (χ4v) is 1.79. The second-order valence-electron chi connectivity index (χ2n) is 5.44. The molecule has 0 bridgehead atoms. The highest BCUT2D eigenvalue weighted by Gasteiger charge is 2.17. The first-order chi connectivity index (χ1) is 9.39. The number of aromatic nitrogens is 1. The molecule has 0 aliphatic rings. The van der Waals surface area contributed by atoms with Crippen LogP contribution in [0, 0.1) is 0 Å². The normalized spacial score (nSPS) is 11.2. The van der Waals surface area contributed by atoms with Crippen LogP contribution in [0.25, 0.3) is 17.0 Å². The SMILES string of the molecule is C=Cc1ccc2cccc(NC(=O)OC(C)(C)C)c2n1. The van der Waals surface area contributed by atoms with Crippen molar-refractivity contribution in [1.82, 2.24) is 4.98 Å². The van der Waals surface area contributed by atoms with E-state index in [4.69, 9.17) is 4.74 Å². The number of nitrogens with one attached hydrogen (secondary N) is 1. The first kappa shape index (κ1) is 14.1. The molecule has 0 unspecified atom stereocenters. The first-order valence-electron chi connectivity index (χ1n) is 6.41. The molecule has 1 amide bonds. The highest BCUT2D eigenvalue weighted by Crippen LogP contribution is 2.22. The Bertz CT molecular complexity index is 657. The Balaban J connectivity index is 2.34. The molecule has 1 heterocycles. The van der Waals surface area contributed by atoms with Crippen LogP contribution in [0.15, 0.2) is 36.9 Å². The molecule has 0 aliphatic heterocycles. The lowest BCUT2D eigenvalue weighted by Gasteiger charge is -2.20. The smallest absolute Gasteiger partial charge is 0.412 e. The van der Waals surface area contributed by atoms with Crippen LogP contribution >= 0.6 is 0 Å². The number of benzene rings is 1. The summed E-state index contributed by atoms with van der Waals surface area (Å²) in [5.41, 5.74) is 1.57. The fraction of sp³-hybridized carbons (Fsp3) is 0.250. The molecular formula is C16H18N2O2. The first-order valence-corrected chi connectivity index (χ1v) is 6.41. The Labute approximate surface area is 118 Å². The van der Waals surface area contributed by atoms with Gasteiger partial charge in [-0.3, -0.25) is 5.32 Å². The van der Waals surface area contributed by atoms with Crippen molar-refractivity contribution in [2.45, 2.75) is 26.4 Å². The number of carbonyl (C=O) groups is 1. The fourth-order valence-electron chi connectivity index (χ4n) is 1.79. The van der Waals surface area contributed by atoms with Gasteiger partial charge in [0, 0.05) is 5.39 Å². The third-order valence-corrected chi connectivity index (χ3v) is 2.59. The Hall–Kier alpha value is -2.36. The molecule has 20 heavy (non-hydrogen) atoms. The molecule has 0 atom stereocenters. The molecule has 0 spiro atoms. The van der Waals surface area contributed by atoms with Crippen LogP contribution in [0.4, 0.5) is 10.5 Å². The number of ether oxygens (including phenoxy) is 1. The Kier molecular flexibility index (Phi) is 3.74. The van der Waals surface area contributed by atoms with Gasteiger partial charge in [-0.25, -0.2) is 9.78 Å². The predicted molar refractivity (Wildman–Crippen MR) is 81.7 cm³/mol. The average Bonchev–Trinajstić information content (AvgIpc) is 2.36. The van der Waals surface area contributed by atoms with E-state index >= 15 is 0 Å². The second-order valence-corrected chi connectivity index (χ2v) is 5.44. The van der Waals surface area contributed by atoms with Gasteiger partial charge in [0.1, 0.15) is 5.60 Å². The average molecular weight is 270 g/mol. The van der Waals surface area contributed by atoms with Crippen molar-refractivity contribution in [2.24, 2.45) is 0 Å². The standard InChI is InChI=1S/C16H18N2O2/c1-5-12-10-9-11-7-6-8-13(14(11)17-12)18-15(19)20-16(2,3)4/h5-10H,1H2,2-4H3,(H,18,19). The summed E-state index contributed by atoms with van der Waals surface area (Å²) in [6.07, 6.45) is 1.18.